The topological polar surface area (TPSA) is 58.2 Å². The van der Waals surface area contributed by atoms with Crippen molar-refractivity contribution in [3.8, 4) is 0 Å². The highest BCUT2D eigenvalue weighted by Gasteiger charge is 2.10. The van der Waals surface area contributed by atoms with Crippen LogP contribution in [0, 0.1) is 10.5 Å². The van der Waals surface area contributed by atoms with Crippen molar-refractivity contribution in [1.29, 1.82) is 0 Å². The van der Waals surface area contributed by atoms with Gasteiger partial charge < -0.3 is 5.32 Å². The first-order chi connectivity index (χ1) is 8.44. The Morgan fingerprint density at radius 2 is 2.06 bits per heavy atom. The fourth-order valence-electron chi connectivity index (χ4n) is 1.45. The molecule has 18 heavy (non-hydrogen) atoms. The molecule has 0 bridgehead atoms. The summed E-state index contributed by atoms with van der Waals surface area (Å²) >= 11 is 2.20. The molecule has 1 aromatic rings. The SMILES string of the molecule is CCNCCCS(=O)(=O)Nc1ccc(C)c(I)c1. The predicted octanol–water partition coefficient (Wildman–Crippen LogP) is 2.34. The first-order valence-electron chi connectivity index (χ1n) is 5.92. The molecule has 1 rings (SSSR count). The van der Waals surface area contributed by atoms with Crippen LogP contribution < -0.4 is 10.0 Å². The molecule has 0 aliphatic carbocycles. The molecular weight excluding hydrogens is 363 g/mol. The van der Waals surface area contributed by atoms with Gasteiger partial charge in [-0.05, 0) is 66.7 Å². The summed E-state index contributed by atoms with van der Waals surface area (Å²) in [5.74, 6) is 0.143. The average molecular weight is 382 g/mol. The molecule has 0 aliphatic rings. The highest BCUT2D eigenvalue weighted by atomic mass is 127. The van der Waals surface area contributed by atoms with Gasteiger partial charge in [-0.3, -0.25) is 4.72 Å². The van der Waals surface area contributed by atoms with Crippen LogP contribution in [0.3, 0.4) is 0 Å². The summed E-state index contributed by atoms with van der Waals surface area (Å²) in [5.41, 5.74) is 1.78. The number of rotatable bonds is 7. The molecule has 0 spiro atoms. The van der Waals surface area contributed by atoms with E-state index in [2.05, 4.69) is 32.6 Å². The number of hydrogen-bond acceptors (Lipinski definition) is 3. The van der Waals surface area contributed by atoms with E-state index in [9.17, 15) is 8.42 Å². The van der Waals surface area contributed by atoms with E-state index in [1.54, 1.807) is 6.07 Å². The van der Waals surface area contributed by atoms with E-state index in [1.807, 2.05) is 26.0 Å². The predicted molar refractivity (Wildman–Crippen MR) is 84.5 cm³/mol. The molecule has 0 atom stereocenters. The third-order valence-corrected chi connectivity index (χ3v) is 5.00. The van der Waals surface area contributed by atoms with Crippen molar-refractivity contribution in [3.05, 3.63) is 27.3 Å². The zero-order valence-electron chi connectivity index (χ0n) is 10.7. The van der Waals surface area contributed by atoms with Gasteiger partial charge in [-0.25, -0.2) is 8.42 Å². The zero-order valence-corrected chi connectivity index (χ0v) is 13.6. The molecule has 0 saturated heterocycles. The Hall–Kier alpha value is -0.340. The van der Waals surface area contributed by atoms with Gasteiger partial charge in [0.2, 0.25) is 10.0 Å². The van der Waals surface area contributed by atoms with Crippen molar-refractivity contribution in [2.24, 2.45) is 0 Å². The third kappa shape index (κ3) is 5.53. The first kappa shape index (κ1) is 15.7. The third-order valence-electron chi connectivity index (χ3n) is 2.46. The summed E-state index contributed by atoms with van der Waals surface area (Å²) in [6.45, 7) is 5.59. The van der Waals surface area contributed by atoms with Crippen molar-refractivity contribution in [2.75, 3.05) is 23.6 Å². The molecule has 2 N–H and O–H groups in total. The van der Waals surface area contributed by atoms with Gasteiger partial charge in [0.05, 0.1) is 5.75 Å². The van der Waals surface area contributed by atoms with Gasteiger partial charge in [-0.2, -0.15) is 0 Å². The number of hydrogen-bond donors (Lipinski definition) is 2. The summed E-state index contributed by atoms with van der Waals surface area (Å²) in [5, 5.41) is 3.11. The first-order valence-corrected chi connectivity index (χ1v) is 8.65. The second-order valence-electron chi connectivity index (χ2n) is 4.09. The van der Waals surface area contributed by atoms with E-state index in [-0.39, 0.29) is 5.75 Å². The Bertz CT molecular complexity index is 489. The Morgan fingerprint density at radius 3 is 2.67 bits per heavy atom. The van der Waals surface area contributed by atoms with E-state index in [4.69, 9.17) is 0 Å². The van der Waals surface area contributed by atoms with Crippen molar-refractivity contribution in [2.45, 2.75) is 20.3 Å². The maximum Gasteiger partial charge on any atom is 0.232 e. The van der Waals surface area contributed by atoms with Crippen LogP contribution in [0.25, 0.3) is 0 Å². The second-order valence-corrected chi connectivity index (χ2v) is 7.10. The maximum atomic E-state index is 11.8. The molecule has 4 nitrogen and oxygen atoms in total. The molecular formula is C12H19IN2O2S. The van der Waals surface area contributed by atoms with Gasteiger partial charge in [0.1, 0.15) is 0 Å². The van der Waals surface area contributed by atoms with E-state index in [0.717, 1.165) is 22.2 Å². The number of halogens is 1. The molecule has 0 fully saturated rings. The fraction of sp³-hybridized carbons (Fsp3) is 0.500. The van der Waals surface area contributed by atoms with Gasteiger partial charge in [0, 0.05) is 9.26 Å². The van der Waals surface area contributed by atoms with Crippen LogP contribution in [-0.2, 0) is 10.0 Å². The molecule has 0 aliphatic heterocycles. The molecule has 0 heterocycles. The number of sulfonamides is 1. The van der Waals surface area contributed by atoms with Gasteiger partial charge in [-0.15, -0.1) is 0 Å². The highest BCUT2D eigenvalue weighted by Crippen LogP contribution is 2.18. The maximum absolute atomic E-state index is 11.8. The Morgan fingerprint density at radius 1 is 1.33 bits per heavy atom. The lowest BCUT2D eigenvalue weighted by Crippen LogP contribution is -2.21. The van der Waals surface area contributed by atoms with Crippen LogP contribution in [0.5, 0.6) is 0 Å². The molecule has 0 radical (unpaired) electrons. The largest absolute Gasteiger partial charge is 0.317 e. The number of aryl methyl sites for hydroxylation is 1. The molecule has 102 valence electrons. The second kappa shape index (κ2) is 7.30. The smallest absolute Gasteiger partial charge is 0.232 e. The van der Waals surface area contributed by atoms with Crippen molar-refractivity contribution in [1.82, 2.24) is 5.32 Å². The van der Waals surface area contributed by atoms with Crippen LogP contribution >= 0.6 is 22.6 Å². The summed E-state index contributed by atoms with van der Waals surface area (Å²) in [6, 6.07) is 5.55. The summed E-state index contributed by atoms with van der Waals surface area (Å²) in [6.07, 6.45) is 0.617. The van der Waals surface area contributed by atoms with Crippen LogP contribution in [0.4, 0.5) is 5.69 Å². The van der Waals surface area contributed by atoms with E-state index in [1.165, 1.54) is 0 Å². The van der Waals surface area contributed by atoms with Crippen LogP contribution in [0.1, 0.15) is 18.9 Å². The standard InChI is InChI=1S/C12H19IN2O2S/c1-3-14-7-4-8-18(16,17)15-11-6-5-10(2)12(13)9-11/h5-6,9,14-15H,3-4,7-8H2,1-2H3. The number of nitrogens with one attached hydrogen (secondary N) is 2. The van der Waals surface area contributed by atoms with Crippen LogP contribution in [0.2, 0.25) is 0 Å². The lowest BCUT2D eigenvalue weighted by molar-refractivity contribution is 0.595. The van der Waals surface area contributed by atoms with Gasteiger partial charge >= 0.3 is 0 Å². The Kier molecular flexibility index (Phi) is 6.37. The average Bonchev–Trinajstić information content (AvgIpc) is 2.29. The minimum Gasteiger partial charge on any atom is -0.317 e. The molecule has 0 unspecified atom stereocenters. The normalized spacial score (nSPS) is 11.5. The highest BCUT2D eigenvalue weighted by molar-refractivity contribution is 14.1. The van der Waals surface area contributed by atoms with Crippen molar-refractivity contribution >= 4 is 38.3 Å². The minimum absolute atomic E-state index is 0.143. The summed E-state index contributed by atoms with van der Waals surface area (Å²) < 4.78 is 27.3. The molecule has 0 saturated carbocycles. The lowest BCUT2D eigenvalue weighted by atomic mass is 10.2. The number of benzene rings is 1. The quantitative estimate of drug-likeness (QED) is 0.562. The van der Waals surface area contributed by atoms with E-state index >= 15 is 0 Å². The summed E-state index contributed by atoms with van der Waals surface area (Å²) in [4.78, 5) is 0. The van der Waals surface area contributed by atoms with Gasteiger partial charge in [0.15, 0.2) is 0 Å². The van der Waals surface area contributed by atoms with Gasteiger partial charge in [0.25, 0.3) is 0 Å². The zero-order chi connectivity index (χ0) is 13.6. The Balaban J connectivity index is 2.56. The molecule has 0 aromatic heterocycles. The van der Waals surface area contributed by atoms with Crippen LogP contribution in [-0.4, -0.2) is 27.3 Å². The molecule has 0 amide bonds. The number of anilines is 1. The molecule has 6 heteroatoms. The van der Waals surface area contributed by atoms with Crippen molar-refractivity contribution in [3.63, 3.8) is 0 Å². The van der Waals surface area contributed by atoms with E-state index < -0.39 is 10.0 Å². The minimum atomic E-state index is -3.24. The van der Waals surface area contributed by atoms with E-state index in [0.29, 0.717) is 12.1 Å². The van der Waals surface area contributed by atoms with Crippen LogP contribution in [0.15, 0.2) is 18.2 Å². The summed E-state index contributed by atoms with van der Waals surface area (Å²) in [7, 11) is -3.24. The molecule has 1 aromatic carbocycles. The lowest BCUT2D eigenvalue weighted by Gasteiger charge is -2.09. The monoisotopic (exact) mass is 382 g/mol. The van der Waals surface area contributed by atoms with Crippen molar-refractivity contribution < 1.29 is 8.42 Å². The Labute approximate surface area is 123 Å². The van der Waals surface area contributed by atoms with Gasteiger partial charge in [-0.1, -0.05) is 13.0 Å². The fourth-order valence-corrected chi connectivity index (χ4v) is 3.08.